The van der Waals surface area contributed by atoms with Crippen molar-refractivity contribution in [2.45, 2.75) is 13.0 Å². The van der Waals surface area contributed by atoms with Gasteiger partial charge in [0.05, 0.1) is 31.0 Å². The molecule has 0 aliphatic heterocycles. The maximum Gasteiger partial charge on any atom is 0.313 e. The van der Waals surface area contributed by atoms with Crippen molar-refractivity contribution in [2.24, 2.45) is 0 Å². The number of anilines is 1. The number of halogens is 2. The first-order chi connectivity index (χ1) is 12.3. The van der Waals surface area contributed by atoms with E-state index in [2.05, 4.69) is 10.6 Å². The normalized spacial score (nSPS) is 11.4. The van der Waals surface area contributed by atoms with Gasteiger partial charge in [0.25, 0.3) is 0 Å². The van der Waals surface area contributed by atoms with Gasteiger partial charge in [-0.1, -0.05) is 29.3 Å². The van der Waals surface area contributed by atoms with Gasteiger partial charge in [0.2, 0.25) is 0 Å². The Morgan fingerprint density at radius 1 is 0.962 bits per heavy atom. The van der Waals surface area contributed by atoms with Gasteiger partial charge in [0.15, 0.2) is 11.5 Å². The molecule has 1 unspecified atom stereocenters. The van der Waals surface area contributed by atoms with Gasteiger partial charge in [-0.05, 0) is 42.8 Å². The van der Waals surface area contributed by atoms with Crippen molar-refractivity contribution in [1.82, 2.24) is 5.32 Å². The standard InChI is InChI=1S/C18H18Cl2N2O4/c1-10(11-4-7-15(25-2)16(8-11)26-3)21-17(23)18(24)22-14-6-5-12(19)9-13(14)20/h4-10H,1-3H3,(H,21,23)(H,22,24). The van der Waals surface area contributed by atoms with Gasteiger partial charge in [-0.3, -0.25) is 9.59 Å². The molecule has 0 saturated carbocycles. The molecule has 0 aliphatic carbocycles. The molecule has 138 valence electrons. The number of nitrogens with one attached hydrogen (secondary N) is 2. The predicted octanol–water partition coefficient (Wildman–Crippen LogP) is 3.83. The minimum absolute atomic E-state index is 0.242. The molecule has 2 amide bonds. The summed E-state index contributed by atoms with van der Waals surface area (Å²) in [5.41, 5.74) is 1.06. The van der Waals surface area contributed by atoms with E-state index < -0.39 is 17.9 Å². The molecular weight excluding hydrogens is 379 g/mol. The molecule has 26 heavy (non-hydrogen) atoms. The van der Waals surface area contributed by atoms with Crippen molar-refractivity contribution in [2.75, 3.05) is 19.5 Å². The zero-order chi connectivity index (χ0) is 19.3. The van der Waals surface area contributed by atoms with Crippen LogP contribution in [-0.4, -0.2) is 26.0 Å². The number of rotatable bonds is 5. The van der Waals surface area contributed by atoms with Crippen LogP contribution in [-0.2, 0) is 9.59 Å². The molecule has 0 heterocycles. The predicted molar refractivity (Wildman–Crippen MR) is 101 cm³/mol. The molecule has 1 atom stereocenters. The summed E-state index contributed by atoms with van der Waals surface area (Å²) >= 11 is 11.8. The van der Waals surface area contributed by atoms with Crippen LogP contribution in [0.25, 0.3) is 0 Å². The second-order valence-corrected chi connectivity index (χ2v) is 6.23. The Kier molecular flexibility index (Phi) is 6.71. The van der Waals surface area contributed by atoms with Crippen molar-refractivity contribution in [1.29, 1.82) is 0 Å². The third-order valence-electron chi connectivity index (χ3n) is 3.64. The number of hydrogen-bond donors (Lipinski definition) is 2. The zero-order valence-electron chi connectivity index (χ0n) is 14.4. The first-order valence-electron chi connectivity index (χ1n) is 7.64. The Morgan fingerprint density at radius 2 is 1.65 bits per heavy atom. The zero-order valence-corrected chi connectivity index (χ0v) is 15.9. The van der Waals surface area contributed by atoms with E-state index in [1.54, 1.807) is 31.2 Å². The van der Waals surface area contributed by atoms with E-state index in [-0.39, 0.29) is 5.02 Å². The molecule has 0 saturated heterocycles. The minimum atomic E-state index is -0.832. The summed E-state index contributed by atoms with van der Waals surface area (Å²) < 4.78 is 10.4. The summed E-state index contributed by atoms with van der Waals surface area (Å²) in [5, 5.41) is 5.74. The van der Waals surface area contributed by atoms with E-state index >= 15 is 0 Å². The molecule has 0 bridgehead atoms. The Labute approximate surface area is 161 Å². The lowest BCUT2D eigenvalue weighted by atomic mass is 10.1. The lowest BCUT2D eigenvalue weighted by Crippen LogP contribution is -2.37. The van der Waals surface area contributed by atoms with Gasteiger partial charge in [-0.15, -0.1) is 0 Å². The highest BCUT2D eigenvalue weighted by Crippen LogP contribution is 2.30. The van der Waals surface area contributed by atoms with Crippen LogP contribution >= 0.6 is 23.2 Å². The Morgan fingerprint density at radius 3 is 2.27 bits per heavy atom. The molecule has 2 N–H and O–H groups in total. The molecule has 6 nitrogen and oxygen atoms in total. The number of carbonyl (C=O) groups excluding carboxylic acids is 2. The van der Waals surface area contributed by atoms with E-state index in [9.17, 15) is 9.59 Å². The summed E-state index contributed by atoms with van der Waals surface area (Å²) in [6, 6.07) is 9.38. The number of amides is 2. The van der Waals surface area contributed by atoms with Crippen LogP contribution in [0.2, 0.25) is 10.0 Å². The first-order valence-corrected chi connectivity index (χ1v) is 8.40. The average molecular weight is 397 g/mol. The highest BCUT2D eigenvalue weighted by molar-refractivity contribution is 6.42. The van der Waals surface area contributed by atoms with Crippen LogP contribution in [0.1, 0.15) is 18.5 Å². The van der Waals surface area contributed by atoms with E-state index in [4.69, 9.17) is 32.7 Å². The SMILES string of the molecule is COc1ccc(C(C)NC(=O)C(=O)Nc2ccc(Cl)cc2Cl)cc1OC. The molecular formula is C18H18Cl2N2O4. The Hall–Kier alpha value is -2.44. The van der Waals surface area contributed by atoms with E-state index in [0.717, 1.165) is 5.56 Å². The molecule has 2 aromatic carbocycles. The monoisotopic (exact) mass is 396 g/mol. The molecule has 2 rings (SSSR count). The van der Waals surface area contributed by atoms with Gasteiger partial charge in [0, 0.05) is 5.02 Å². The molecule has 8 heteroatoms. The van der Waals surface area contributed by atoms with Crippen molar-refractivity contribution in [3.8, 4) is 11.5 Å². The summed E-state index contributed by atoms with van der Waals surface area (Å²) in [6.07, 6.45) is 0. The van der Waals surface area contributed by atoms with Gasteiger partial charge < -0.3 is 20.1 Å². The van der Waals surface area contributed by atoms with Crippen LogP contribution in [0.5, 0.6) is 11.5 Å². The highest BCUT2D eigenvalue weighted by atomic mass is 35.5. The van der Waals surface area contributed by atoms with Crippen molar-refractivity contribution < 1.29 is 19.1 Å². The van der Waals surface area contributed by atoms with E-state index in [1.165, 1.54) is 26.4 Å². The van der Waals surface area contributed by atoms with Crippen LogP contribution in [0.4, 0.5) is 5.69 Å². The van der Waals surface area contributed by atoms with E-state index in [0.29, 0.717) is 22.2 Å². The number of benzene rings is 2. The lowest BCUT2D eigenvalue weighted by Gasteiger charge is -2.16. The topological polar surface area (TPSA) is 76.7 Å². The fraction of sp³-hybridized carbons (Fsp3) is 0.222. The van der Waals surface area contributed by atoms with Crippen LogP contribution < -0.4 is 20.1 Å². The largest absolute Gasteiger partial charge is 0.493 e. The average Bonchev–Trinajstić information content (AvgIpc) is 2.63. The van der Waals surface area contributed by atoms with Gasteiger partial charge in [-0.25, -0.2) is 0 Å². The van der Waals surface area contributed by atoms with Gasteiger partial charge in [0.1, 0.15) is 0 Å². The molecule has 0 fully saturated rings. The first kappa shape index (κ1) is 19.9. The number of ether oxygens (including phenoxy) is 2. The number of hydrogen-bond acceptors (Lipinski definition) is 4. The maximum absolute atomic E-state index is 12.1. The van der Waals surface area contributed by atoms with Crippen LogP contribution in [0, 0.1) is 0 Å². The van der Waals surface area contributed by atoms with E-state index in [1.807, 2.05) is 0 Å². The third kappa shape index (κ3) is 4.80. The minimum Gasteiger partial charge on any atom is -0.493 e. The van der Waals surface area contributed by atoms with Crippen molar-refractivity contribution in [3.63, 3.8) is 0 Å². The summed E-state index contributed by atoms with van der Waals surface area (Å²) in [4.78, 5) is 24.2. The second kappa shape index (κ2) is 8.78. The number of carbonyl (C=O) groups is 2. The smallest absolute Gasteiger partial charge is 0.313 e. The third-order valence-corrected chi connectivity index (χ3v) is 4.19. The van der Waals surface area contributed by atoms with Crippen LogP contribution in [0.15, 0.2) is 36.4 Å². The summed E-state index contributed by atoms with van der Waals surface area (Å²) in [5.74, 6) is -0.520. The molecule has 0 aromatic heterocycles. The molecule has 0 radical (unpaired) electrons. The highest BCUT2D eigenvalue weighted by Gasteiger charge is 2.19. The quantitative estimate of drug-likeness (QED) is 0.752. The molecule has 2 aromatic rings. The van der Waals surface area contributed by atoms with Crippen LogP contribution in [0.3, 0.4) is 0 Å². The van der Waals surface area contributed by atoms with Crippen molar-refractivity contribution >= 4 is 40.7 Å². The Balaban J connectivity index is 2.05. The lowest BCUT2D eigenvalue weighted by molar-refractivity contribution is -0.136. The second-order valence-electron chi connectivity index (χ2n) is 5.39. The summed E-state index contributed by atoms with van der Waals surface area (Å²) in [7, 11) is 3.06. The number of methoxy groups -OCH3 is 2. The summed E-state index contributed by atoms with van der Waals surface area (Å²) in [6.45, 7) is 1.75. The fourth-order valence-corrected chi connectivity index (χ4v) is 2.69. The fourth-order valence-electron chi connectivity index (χ4n) is 2.24. The van der Waals surface area contributed by atoms with Crippen molar-refractivity contribution in [3.05, 3.63) is 52.0 Å². The molecule has 0 spiro atoms. The molecule has 0 aliphatic rings. The Bertz CT molecular complexity index is 827. The van der Waals surface area contributed by atoms with Gasteiger partial charge in [-0.2, -0.15) is 0 Å². The van der Waals surface area contributed by atoms with Gasteiger partial charge >= 0.3 is 11.8 Å². The maximum atomic E-state index is 12.1.